The lowest BCUT2D eigenvalue weighted by molar-refractivity contribution is -0.130. The first-order valence-electron chi connectivity index (χ1n) is 7.50. The molecule has 1 saturated heterocycles. The van der Waals surface area contributed by atoms with Crippen LogP contribution in [0.3, 0.4) is 0 Å². The molecule has 116 valence electrons. The van der Waals surface area contributed by atoms with Crippen molar-refractivity contribution in [1.82, 2.24) is 4.90 Å². The Morgan fingerprint density at radius 2 is 1.95 bits per heavy atom. The molecular formula is C17H23Cl2NO. The van der Waals surface area contributed by atoms with Crippen LogP contribution in [0.25, 0.3) is 0 Å². The van der Waals surface area contributed by atoms with Crippen LogP contribution in [0.15, 0.2) is 30.3 Å². The number of likely N-dealkylation sites (tertiary alicyclic amines) is 1. The summed E-state index contributed by atoms with van der Waals surface area (Å²) in [4.78, 5) is 13.3. The van der Waals surface area contributed by atoms with Gasteiger partial charge in [0.1, 0.15) is 4.87 Å². The van der Waals surface area contributed by atoms with Gasteiger partial charge in [-0.25, -0.2) is 0 Å². The zero-order valence-electron chi connectivity index (χ0n) is 12.9. The van der Waals surface area contributed by atoms with Crippen LogP contribution in [0, 0.1) is 5.92 Å². The molecule has 1 heterocycles. The van der Waals surface area contributed by atoms with Crippen LogP contribution in [-0.4, -0.2) is 27.1 Å². The maximum absolute atomic E-state index is 12.8. The number of hydrogen-bond donors (Lipinski definition) is 0. The molecule has 1 aliphatic rings. The molecule has 0 N–H and O–H groups in total. The van der Waals surface area contributed by atoms with Crippen molar-refractivity contribution in [3.05, 3.63) is 35.9 Å². The molecule has 0 spiro atoms. The van der Waals surface area contributed by atoms with E-state index in [1.807, 2.05) is 49.1 Å². The first kappa shape index (κ1) is 16.6. The highest BCUT2D eigenvalue weighted by Gasteiger charge is 2.56. The number of carbonyl (C=O) groups excluding carboxylic acids is 1. The third kappa shape index (κ3) is 3.37. The van der Waals surface area contributed by atoms with Crippen LogP contribution >= 0.6 is 23.2 Å². The van der Waals surface area contributed by atoms with Gasteiger partial charge in [0.2, 0.25) is 5.91 Å². The second-order valence-corrected chi connectivity index (χ2v) is 8.05. The molecule has 0 unspecified atom stereocenters. The number of alkyl halides is 2. The van der Waals surface area contributed by atoms with Crippen molar-refractivity contribution >= 4 is 29.1 Å². The largest absolute Gasteiger partial charge is 0.336 e. The van der Waals surface area contributed by atoms with Crippen molar-refractivity contribution in [3.63, 3.8) is 0 Å². The molecule has 21 heavy (non-hydrogen) atoms. The summed E-state index contributed by atoms with van der Waals surface area (Å²) in [6.45, 7) is 7.17. The Morgan fingerprint density at radius 1 is 1.33 bits per heavy atom. The van der Waals surface area contributed by atoms with E-state index in [0.29, 0.717) is 19.5 Å². The number of halogens is 2. The van der Waals surface area contributed by atoms with Gasteiger partial charge in [0, 0.05) is 23.9 Å². The molecule has 2 atom stereocenters. The lowest BCUT2D eigenvalue weighted by Crippen LogP contribution is -2.44. The highest BCUT2D eigenvalue weighted by molar-refractivity contribution is 6.37. The van der Waals surface area contributed by atoms with E-state index in [9.17, 15) is 4.79 Å². The average Bonchev–Trinajstić information content (AvgIpc) is 2.65. The molecule has 1 aromatic rings. The van der Waals surface area contributed by atoms with E-state index >= 15 is 0 Å². The van der Waals surface area contributed by atoms with E-state index in [1.165, 1.54) is 0 Å². The third-order valence-electron chi connectivity index (χ3n) is 4.26. The van der Waals surface area contributed by atoms with Gasteiger partial charge in [0.25, 0.3) is 0 Å². The van der Waals surface area contributed by atoms with Crippen LogP contribution in [-0.2, 0) is 11.3 Å². The molecule has 1 amide bonds. The van der Waals surface area contributed by atoms with Gasteiger partial charge < -0.3 is 4.90 Å². The lowest BCUT2D eigenvalue weighted by atomic mass is 9.82. The summed E-state index contributed by atoms with van der Waals surface area (Å²) in [5.41, 5.74) is 1.12. The molecular weight excluding hydrogens is 305 g/mol. The zero-order valence-corrected chi connectivity index (χ0v) is 14.4. The van der Waals surface area contributed by atoms with E-state index < -0.39 is 9.75 Å². The lowest BCUT2D eigenvalue weighted by Gasteiger charge is -2.33. The van der Waals surface area contributed by atoms with E-state index in [1.54, 1.807) is 0 Å². The fourth-order valence-electron chi connectivity index (χ4n) is 3.21. The molecule has 0 bridgehead atoms. The van der Waals surface area contributed by atoms with Crippen molar-refractivity contribution in [3.8, 4) is 0 Å². The minimum atomic E-state index is -0.866. The minimum absolute atomic E-state index is 0.0218. The first-order chi connectivity index (χ1) is 9.79. The van der Waals surface area contributed by atoms with E-state index in [2.05, 4.69) is 6.92 Å². The third-order valence-corrected chi connectivity index (χ3v) is 5.13. The van der Waals surface area contributed by atoms with Crippen LogP contribution < -0.4 is 0 Å². The standard InChI is InChI=1S/C17H23Cl2NO/c1-4-10-17(19)14(16(2,3)18)12-20(15(17)21)11-13-8-6-5-7-9-13/h5-9,14H,4,10-12H2,1-3H3/t14-,17+/m1/s1. The number of carbonyl (C=O) groups is 1. The monoisotopic (exact) mass is 327 g/mol. The van der Waals surface area contributed by atoms with Gasteiger partial charge in [0.05, 0.1) is 0 Å². The van der Waals surface area contributed by atoms with Crippen molar-refractivity contribution < 1.29 is 4.79 Å². The molecule has 0 saturated carbocycles. The molecule has 0 radical (unpaired) electrons. The zero-order chi connectivity index (χ0) is 15.7. The summed E-state index contributed by atoms with van der Waals surface area (Å²) in [6, 6.07) is 10.0. The first-order valence-corrected chi connectivity index (χ1v) is 8.25. The van der Waals surface area contributed by atoms with Gasteiger partial charge in [-0.05, 0) is 25.8 Å². The Kier molecular flexibility index (Phi) is 4.89. The summed E-state index contributed by atoms with van der Waals surface area (Å²) < 4.78 is 0. The van der Waals surface area contributed by atoms with Crippen LogP contribution in [0.5, 0.6) is 0 Å². The van der Waals surface area contributed by atoms with Gasteiger partial charge in [-0.2, -0.15) is 0 Å². The van der Waals surface area contributed by atoms with Gasteiger partial charge in [-0.1, -0.05) is 43.7 Å². The van der Waals surface area contributed by atoms with Crippen molar-refractivity contribution in [2.45, 2.75) is 49.9 Å². The van der Waals surface area contributed by atoms with E-state index in [-0.39, 0.29) is 11.8 Å². The summed E-state index contributed by atoms with van der Waals surface area (Å²) in [5, 5.41) is 0. The summed E-state index contributed by atoms with van der Waals surface area (Å²) in [7, 11) is 0. The highest BCUT2D eigenvalue weighted by atomic mass is 35.5. The highest BCUT2D eigenvalue weighted by Crippen LogP contribution is 2.47. The summed E-state index contributed by atoms with van der Waals surface area (Å²) in [5.74, 6) is -0.0295. The van der Waals surface area contributed by atoms with Gasteiger partial charge in [0.15, 0.2) is 0 Å². The quantitative estimate of drug-likeness (QED) is 0.732. The Morgan fingerprint density at radius 3 is 2.48 bits per heavy atom. The minimum Gasteiger partial charge on any atom is -0.336 e. The van der Waals surface area contributed by atoms with Crippen molar-refractivity contribution in [2.24, 2.45) is 5.92 Å². The molecule has 0 aromatic heterocycles. The molecule has 0 aliphatic carbocycles. The molecule has 4 heteroatoms. The fraction of sp³-hybridized carbons (Fsp3) is 0.588. The van der Waals surface area contributed by atoms with Crippen LogP contribution in [0.2, 0.25) is 0 Å². The molecule has 1 aliphatic heterocycles. The van der Waals surface area contributed by atoms with Crippen molar-refractivity contribution in [2.75, 3.05) is 6.54 Å². The Bertz CT molecular complexity index is 497. The van der Waals surface area contributed by atoms with Gasteiger partial charge >= 0.3 is 0 Å². The smallest absolute Gasteiger partial charge is 0.244 e. The predicted molar refractivity (Wildman–Crippen MR) is 88.8 cm³/mol. The van der Waals surface area contributed by atoms with E-state index in [4.69, 9.17) is 23.2 Å². The normalized spacial score (nSPS) is 26.4. The molecule has 2 rings (SSSR count). The molecule has 1 aromatic carbocycles. The number of amides is 1. The maximum atomic E-state index is 12.8. The van der Waals surface area contributed by atoms with Crippen LogP contribution in [0.1, 0.15) is 39.2 Å². The van der Waals surface area contributed by atoms with Crippen molar-refractivity contribution in [1.29, 1.82) is 0 Å². The predicted octanol–water partition coefficient (Wildman–Crippen LogP) is 4.44. The Hall–Kier alpha value is -0.730. The average molecular weight is 328 g/mol. The number of rotatable bonds is 5. The molecule has 2 nitrogen and oxygen atoms in total. The number of benzene rings is 1. The summed E-state index contributed by atoms with van der Waals surface area (Å²) in [6.07, 6.45) is 1.54. The number of hydrogen-bond acceptors (Lipinski definition) is 1. The van der Waals surface area contributed by atoms with Crippen LogP contribution in [0.4, 0.5) is 0 Å². The fourth-order valence-corrected chi connectivity index (χ4v) is 4.17. The second kappa shape index (κ2) is 6.18. The van der Waals surface area contributed by atoms with Gasteiger partial charge in [-0.15, -0.1) is 23.2 Å². The number of nitrogens with zero attached hydrogens (tertiary/aromatic N) is 1. The second-order valence-electron chi connectivity index (χ2n) is 6.40. The van der Waals surface area contributed by atoms with Gasteiger partial charge in [-0.3, -0.25) is 4.79 Å². The Balaban J connectivity index is 2.25. The maximum Gasteiger partial charge on any atom is 0.244 e. The summed E-state index contributed by atoms with van der Waals surface area (Å²) >= 11 is 13.3. The topological polar surface area (TPSA) is 20.3 Å². The molecule has 1 fully saturated rings. The van der Waals surface area contributed by atoms with E-state index in [0.717, 1.165) is 12.0 Å². The Labute approximate surface area is 137 Å². The SMILES string of the molecule is CCC[C@@]1(Cl)C(=O)N(Cc2ccccc2)C[C@@H]1C(C)(C)Cl.